The van der Waals surface area contributed by atoms with E-state index in [0.29, 0.717) is 55.6 Å². The fourth-order valence-electron chi connectivity index (χ4n) is 13.3. The third-order valence-electron chi connectivity index (χ3n) is 17.7. The molecule has 1 spiro atoms. The number of aliphatic hydroxyl groups is 1. The van der Waals surface area contributed by atoms with Crippen molar-refractivity contribution in [1.82, 2.24) is 24.5 Å². The van der Waals surface area contributed by atoms with Crippen LogP contribution in [0.15, 0.2) is 101 Å². The van der Waals surface area contributed by atoms with Gasteiger partial charge in [-0.3, -0.25) is 24.7 Å². The topological polar surface area (TPSA) is 227 Å². The molecule has 2 saturated heterocycles. The fourth-order valence-corrected chi connectivity index (χ4v) is 14.4. The second-order valence-electron chi connectivity index (χ2n) is 23.6. The summed E-state index contributed by atoms with van der Waals surface area (Å²) in [4.78, 5) is 40.9. The van der Waals surface area contributed by atoms with E-state index in [2.05, 4.69) is 91.0 Å². The second kappa shape index (κ2) is 21.5. The number of pyridine rings is 1. The summed E-state index contributed by atoms with van der Waals surface area (Å²) >= 11 is 0. The van der Waals surface area contributed by atoms with Crippen LogP contribution in [0.1, 0.15) is 117 Å². The number of furan rings is 1. The number of nitro benzene ring substituents is 1. The Balaban J connectivity index is 0.756. The van der Waals surface area contributed by atoms with Gasteiger partial charge < -0.3 is 43.7 Å². The lowest BCUT2D eigenvalue weighted by Gasteiger charge is -2.58. The van der Waals surface area contributed by atoms with E-state index in [9.17, 15) is 28.4 Å². The summed E-state index contributed by atoms with van der Waals surface area (Å²) in [5.41, 5.74) is 5.02. The van der Waals surface area contributed by atoms with E-state index in [0.717, 1.165) is 105 Å². The van der Waals surface area contributed by atoms with Crippen LogP contribution in [0.2, 0.25) is 0 Å². The summed E-state index contributed by atoms with van der Waals surface area (Å²) in [6.07, 6.45) is 10.1. The molecular formula is C61H70N8O11S. The Labute approximate surface area is 471 Å². The number of piperazine rings is 1. The quantitative estimate of drug-likeness (QED) is 0.0521. The number of nitro groups is 1. The monoisotopic (exact) mass is 1120 g/mol. The molecule has 4 N–H and O–H groups in total. The fraction of sp³-hybridized carbons (Fsp3) is 0.443. The molecule has 20 heteroatoms. The first-order chi connectivity index (χ1) is 38.9. The van der Waals surface area contributed by atoms with E-state index < -0.39 is 37.0 Å². The predicted octanol–water partition coefficient (Wildman–Crippen LogP) is 11.0. The van der Waals surface area contributed by atoms with E-state index in [1.165, 1.54) is 22.9 Å². The zero-order chi connectivity index (χ0) is 56.4. The number of methoxy groups -OCH3 is 1. The van der Waals surface area contributed by atoms with Crippen LogP contribution >= 0.6 is 0 Å². The molecule has 1 amide bonds. The summed E-state index contributed by atoms with van der Waals surface area (Å²) in [5, 5.41) is 28.0. The molecular weight excluding hydrogens is 1050 g/mol. The van der Waals surface area contributed by atoms with Crippen molar-refractivity contribution in [3.63, 3.8) is 0 Å². The minimum Gasteiger partial charge on any atom is -0.493 e. The van der Waals surface area contributed by atoms with Crippen LogP contribution in [0.25, 0.3) is 22.0 Å². The molecule has 7 aromatic rings. The number of hydrogen-bond acceptors (Lipinski definition) is 16. The number of aromatic nitrogens is 2. The number of carbonyl (C=O) groups is 1. The Kier molecular flexibility index (Phi) is 14.4. The molecule has 0 bridgehead atoms. The number of carbonyl (C=O) groups excluding carboxylic acids is 1. The molecule has 4 aromatic carbocycles. The number of aromatic amines is 1. The van der Waals surface area contributed by atoms with Crippen LogP contribution in [0, 0.1) is 28.4 Å². The number of nitrogens with one attached hydrogen (secondary N) is 3. The molecule has 3 aliphatic heterocycles. The summed E-state index contributed by atoms with van der Waals surface area (Å²) in [5.74, 6) is 1.15. The number of sulfonamides is 1. The molecule has 81 heavy (non-hydrogen) atoms. The number of hydrogen-bond donors (Lipinski definition) is 4. The number of H-pyrrole nitrogens is 1. The highest BCUT2D eigenvalue weighted by Crippen LogP contribution is 2.54. The number of piperidine rings is 1. The smallest absolute Gasteiger partial charge is 0.297 e. The maximum absolute atomic E-state index is 14.4. The van der Waals surface area contributed by atoms with Crippen molar-refractivity contribution >= 4 is 55.0 Å². The molecule has 2 aliphatic carbocycles. The van der Waals surface area contributed by atoms with Crippen molar-refractivity contribution in [2.75, 3.05) is 63.4 Å². The number of fused-ring (bicyclic) bond motifs is 3. The highest BCUT2D eigenvalue weighted by Gasteiger charge is 2.50. The Morgan fingerprint density at radius 3 is 2.49 bits per heavy atom. The molecule has 19 nitrogen and oxygen atoms in total. The average Bonchev–Trinajstić information content (AvgIpc) is 4.38. The lowest BCUT2D eigenvalue weighted by Crippen LogP contribution is -2.60. The Morgan fingerprint density at radius 2 is 1.73 bits per heavy atom. The van der Waals surface area contributed by atoms with E-state index in [4.69, 9.17) is 23.4 Å². The molecule has 426 valence electrons. The molecule has 4 fully saturated rings. The first-order valence-electron chi connectivity index (χ1n) is 28.2. The van der Waals surface area contributed by atoms with Crippen molar-refractivity contribution in [2.45, 2.75) is 114 Å². The summed E-state index contributed by atoms with van der Waals surface area (Å²) in [6.45, 7) is 13.5. The number of rotatable bonds is 16. The van der Waals surface area contributed by atoms with Crippen LogP contribution < -0.4 is 33.9 Å². The Hall–Kier alpha value is -7.39. The van der Waals surface area contributed by atoms with Gasteiger partial charge in [-0.05, 0) is 142 Å². The summed E-state index contributed by atoms with van der Waals surface area (Å²) in [7, 11) is -3.13. The first-order valence-corrected chi connectivity index (χ1v) is 29.7. The molecule has 6 heterocycles. The Bertz CT molecular complexity index is 3650. The molecule has 1 atom stereocenters. The van der Waals surface area contributed by atoms with Crippen LogP contribution in [0.3, 0.4) is 0 Å². The zero-order valence-electron chi connectivity index (χ0n) is 46.5. The van der Waals surface area contributed by atoms with Gasteiger partial charge in [0.15, 0.2) is 28.5 Å². The maximum atomic E-state index is 14.4. The molecule has 3 aromatic heterocycles. The van der Waals surface area contributed by atoms with Gasteiger partial charge in [0.25, 0.3) is 21.6 Å². The van der Waals surface area contributed by atoms with Gasteiger partial charge in [0.1, 0.15) is 27.8 Å². The number of amides is 1. The van der Waals surface area contributed by atoms with Crippen molar-refractivity contribution in [1.29, 1.82) is 0 Å². The van der Waals surface area contributed by atoms with E-state index in [1.807, 2.05) is 13.0 Å². The number of aryl methyl sites for hydroxylation is 1. The summed E-state index contributed by atoms with van der Waals surface area (Å²) in [6, 6.07) is 25.7. The van der Waals surface area contributed by atoms with Crippen LogP contribution in [0.4, 0.5) is 17.1 Å². The predicted molar refractivity (Wildman–Crippen MR) is 307 cm³/mol. The minimum atomic E-state index is -4.83. The van der Waals surface area contributed by atoms with Crippen LogP contribution in [-0.4, -0.2) is 109 Å². The number of anilines is 2. The Morgan fingerprint density at radius 1 is 0.951 bits per heavy atom. The van der Waals surface area contributed by atoms with Crippen LogP contribution in [-0.2, 0) is 16.6 Å². The average molecular weight is 1120 g/mol. The van der Waals surface area contributed by atoms with Gasteiger partial charge in [0.2, 0.25) is 6.79 Å². The van der Waals surface area contributed by atoms with E-state index in [-0.39, 0.29) is 52.7 Å². The van der Waals surface area contributed by atoms with Gasteiger partial charge in [0.05, 0.1) is 29.4 Å². The number of benzene rings is 4. The van der Waals surface area contributed by atoms with Crippen molar-refractivity contribution in [2.24, 2.45) is 11.3 Å². The highest BCUT2D eigenvalue weighted by molar-refractivity contribution is 7.90. The third kappa shape index (κ3) is 10.9. The van der Waals surface area contributed by atoms with Gasteiger partial charge in [-0.15, -0.1) is 0 Å². The maximum Gasteiger partial charge on any atom is 0.297 e. The summed E-state index contributed by atoms with van der Waals surface area (Å²) < 4.78 is 60.3. The molecule has 12 rings (SSSR count). The second-order valence-corrected chi connectivity index (χ2v) is 25.3. The van der Waals surface area contributed by atoms with Crippen molar-refractivity contribution in [3.8, 4) is 28.7 Å². The standard InChI is InChI=1S/C61H70N8O11S/c1-37(2)46-8-6-7-9-47(46)50-35-66(34-40-25-42-24-38(3)79-55(42)52(26-40)76-5)22-23-68(50)44-30-61(31-44)17-20-67(21-18-61)43-10-11-48(51(28-43)80-45-27-41-14-19-62-58(41)64-33-45)59(70)65-81(74,75)53-29-49(69(72)73)54(57-56(53)77-36-78-57)63-32-39-12-15-60(4,71)16-13-39/h6-11,14,19,24-29,33,37,39,44,50,63,71H,12-13,15-18,20-23,30-32,34-36H2,1-5H3,(H,62,64)(H,65,70)/t39?,50-,60?/m0/s1. The van der Waals surface area contributed by atoms with Gasteiger partial charge in [-0.2, -0.15) is 0 Å². The van der Waals surface area contributed by atoms with Gasteiger partial charge in [-0.25, -0.2) is 18.1 Å². The third-order valence-corrected chi connectivity index (χ3v) is 19.1. The molecule has 0 unspecified atom stereocenters. The first kappa shape index (κ1) is 54.2. The van der Waals surface area contributed by atoms with E-state index >= 15 is 0 Å². The number of nitrogens with zero attached hydrogens (tertiary/aromatic N) is 5. The lowest BCUT2D eigenvalue weighted by molar-refractivity contribution is -0.384. The van der Waals surface area contributed by atoms with Crippen molar-refractivity contribution < 1.29 is 46.6 Å². The minimum absolute atomic E-state index is 0.0187. The molecule has 2 saturated carbocycles. The van der Waals surface area contributed by atoms with Gasteiger partial charge in [0, 0.05) is 92.7 Å². The molecule has 5 aliphatic rings. The SMILES string of the molecule is COc1cc(CN2CCN(C3CC4(CCN(c5ccc(C(=O)NS(=O)(=O)c6cc([N+](=O)[O-])c(NCC7CCC(C)(O)CC7)c7c6OCO7)c(Oc6cnc7[nH]ccc7c6)c5)CC4)C3)[C@H](c3ccccc3C(C)C)C2)cc2cc(C)oc12. The van der Waals surface area contributed by atoms with Crippen molar-refractivity contribution in [3.05, 3.63) is 129 Å². The largest absolute Gasteiger partial charge is 0.493 e. The van der Waals surface area contributed by atoms with Gasteiger partial charge in [-0.1, -0.05) is 38.1 Å². The van der Waals surface area contributed by atoms with Crippen LogP contribution in [0.5, 0.6) is 28.7 Å². The highest BCUT2D eigenvalue weighted by atomic mass is 32.2. The normalized spacial score (nSPS) is 21.4. The zero-order valence-corrected chi connectivity index (χ0v) is 47.3. The van der Waals surface area contributed by atoms with E-state index in [1.54, 1.807) is 44.5 Å². The number of ether oxygens (including phenoxy) is 4. The lowest BCUT2D eigenvalue weighted by atomic mass is 9.59. The van der Waals surface area contributed by atoms with Gasteiger partial charge >= 0.3 is 0 Å². The molecule has 0 radical (unpaired) electrons.